The van der Waals surface area contributed by atoms with Crippen molar-refractivity contribution in [1.82, 2.24) is 5.32 Å². The second kappa shape index (κ2) is 8.55. The first-order valence-electron chi connectivity index (χ1n) is 12.5. The molecule has 36 heavy (non-hydrogen) atoms. The average Bonchev–Trinajstić information content (AvgIpc) is 2.96. The van der Waals surface area contributed by atoms with Crippen molar-refractivity contribution in [1.29, 1.82) is 0 Å². The standard InChI is InChI=1S/C35H25N/c1-2-10-25(11-3-1)34-29-14-6-8-16-31(29)35(32-17-9-7-15-30(32)34)33-19-18-26(24-20-22-36-23-21-24)27-12-4-5-13-28(27)33/h1-22,36H,23H2. The van der Waals surface area contributed by atoms with Gasteiger partial charge < -0.3 is 5.32 Å². The molecule has 1 aliphatic rings. The Balaban J connectivity index is 1.61. The molecule has 1 heterocycles. The van der Waals surface area contributed by atoms with Crippen molar-refractivity contribution in [3.8, 4) is 22.3 Å². The summed E-state index contributed by atoms with van der Waals surface area (Å²) in [6.45, 7) is 0.859. The number of nitrogens with one attached hydrogen (secondary N) is 1. The van der Waals surface area contributed by atoms with Crippen LogP contribution in [0.25, 0.3) is 60.1 Å². The van der Waals surface area contributed by atoms with Crippen molar-refractivity contribution in [2.45, 2.75) is 0 Å². The molecular weight excluding hydrogens is 434 g/mol. The van der Waals surface area contributed by atoms with Gasteiger partial charge in [-0.05, 0) is 78.0 Å². The Morgan fingerprint density at radius 1 is 0.444 bits per heavy atom. The van der Waals surface area contributed by atoms with E-state index in [4.69, 9.17) is 0 Å². The number of benzene rings is 6. The van der Waals surface area contributed by atoms with Crippen molar-refractivity contribution < 1.29 is 0 Å². The van der Waals surface area contributed by atoms with Crippen LogP contribution in [0.2, 0.25) is 0 Å². The molecule has 0 radical (unpaired) electrons. The summed E-state index contributed by atoms with van der Waals surface area (Å²) in [5, 5.41) is 11.0. The van der Waals surface area contributed by atoms with Gasteiger partial charge in [0.25, 0.3) is 0 Å². The SMILES string of the molecule is C1=CC(c2ccc(-c3c4ccccc4c(-c4ccccc4)c4ccccc34)c3ccccc23)=CCN1. The van der Waals surface area contributed by atoms with E-state index in [1.54, 1.807) is 0 Å². The first-order chi connectivity index (χ1) is 17.9. The second-order valence-electron chi connectivity index (χ2n) is 9.31. The predicted molar refractivity (Wildman–Crippen MR) is 155 cm³/mol. The summed E-state index contributed by atoms with van der Waals surface area (Å²) < 4.78 is 0. The summed E-state index contributed by atoms with van der Waals surface area (Å²) in [5.74, 6) is 0. The maximum absolute atomic E-state index is 3.27. The molecule has 0 fully saturated rings. The second-order valence-corrected chi connectivity index (χ2v) is 9.31. The van der Waals surface area contributed by atoms with Crippen LogP contribution in [-0.2, 0) is 0 Å². The third-order valence-electron chi connectivity index (χ3n) is 7.32. The largest absolute Gasteiger partial charge is 0.387 e. The van der Waals surface area contributed by atoms with Gasteiger partial charge in [-0.1, -0.05) is 121 Å². The van der Waals surface area contributed by atoms with Crippen LogP contribution < -0.4 is 5.32 Å². The summed E-state index contributed by atoms with van der Waals surface area (Å²) in [7, 11) is 0. The molecule has 1 heteroatoms. The minimum absolute atomic E-state index is 0.859. The minimum atomic E-state index is 0.859. The molecule has 0 aromatic heterocycles. The van der Waals surface area contributed by atoms with Crippen molar-refractivity contribution >= 4 is 37.9 Å². The molecule has 1 N–H and O–H groups in total. The first-order valence-corrected chi connectivity index (χ1v) is 12.5. The Labute approximate surface area is 211 Å². The monoisotopic (exact) mass is 459 g/mol. The van der Waals surface area contributed by atoms with Crippen molar-refractivity contribution in [3.05, 3.63) is 139 Å². The van der Waals surface area contributed by atoms with E-state index >= 15 is 0 Å². The summed E-state index contributed by atoms with van der Waals surface area (Å²) in [6, 6.07) is 42.0. The summed E-state index contributed by atoms with van der Waals surface area (Å²) in [5.41, 5.74) is 7.68. The lowest BCUT2D eigenvalue weighted by molar-refractivity contribution is 0.976. The molecule has 6 aromatic rings. The van der Waals surface area contributed by atoms with Crippen LogP contribution in [0.1, 0.15) is 5.56 Å². The quantitative estimate of drug-likeness (QED) is 0.260. The van der Waals surface area contributed by atoms with Crippen LogP contribution >= 0.6 is 0 Å². The number of allylic oxidation sites excluding steroid dienone is 2. The Hall–Kier alpha value is -4.62. The number of hydrogen-bond acceptors (Lipinski definition) is 1. The Morgan fingerprint density at radius 2 is 0.944 bits per heavy atom. The highest BCUT2D eigenvalue weighted by molar-refractivity contribution is 6.23. The van der Waals surface area contributed by atoms with E-state index in [0.29, 0.717) is 0 Å². The zero-order valence-corrected chi connectivity index (χ0v) is 19.9. The molecule has 0 spiro atoms. The summed E-state index contributed by atoms with van der Waals surface area (Å²) in [6.07, 6.45) is 6.48. The van der Waals surface area contributed by atoms with Gasteiger partial charge in [-0.2, -0.15) is 0 Å². The average molecular weight is 460 g/mol. The topological polar surface area (TPSA) is 12.0 Å². The number of dihydropyridines is 1. The molecule has 7 rings (SSSR count). The smallest absolute Gasteiger partial charge is 0.0334 e. The number of hydrogen-bond donors (Lipinski definition) is 1. The fraction of sp³-hybridized carbons (Fsp3) is 0.0286. The zero-order valence-electron chi connectivity index (χ0n) is 19.9. The fourth-order valence-electron chi connectivity index (χ4n) is 5.76. The van der Waals surface area contributed by atoms with Crippen LogP contribution in [-0.4, -0.2) is 6.54 Å². The lowest BCUT2D eigenvalue weighted by Gasteiger charge is -2.20. The van der Waals surface area contributed by atoms with E-state index in [1.165, 1.54) is 65.7 Å². The van der Waals surface area contributed by atoms with Gasteiger partial charge in [0.05, 0.1) is 0 Å². The Kier molecular flexibility index (Phi) is 4.92. The van der Waals surface area contributed by atoms with Gasteiger partial charge in [0, 0.05) is 6.54 Å². The molecule has 0 bridgehead atoms. The normalized spacial score (nSPS) is 13.2. The first kappa shape index (κ1) is 20.7. The molecule has 170 valence electrons. The highest BCUT2D eigenvalue weighted by atomic mass is 14.8. The Morgan fingerprint density at radius 3 is 1.53 bits per heavy atom. The molecule has 0 saturated carbocycles. The van der Waals surface area contributed by atoms with Crippen molar-refractivity contribution in [3.63, 3.8) is 0 Å². The molecule has 1 aliphatic heterocycles. The predicted octanol–water partition coefficient (Wildman–Crippen LogP) is 8.98. The number of fused-ring (bicyclic) bond motifs is 3. The third kappa shape index (κ3) is 3.25. The molecule has 1 nitrogen and oxygen atoms in total. The summed E-state index contributed by atoms with van der Waals surface area (Å²) in [4.78, 5) is 0. The molecule has 0 unspecified atom stereocenters. The molecule has 0 saturated heterocycles. The fourth-order valence-corrected chi connectivity index (χ4v) is 5.76. The summed E-state index contributed by atoms with van der Waals surface area (Å²) >= 11 is 0. The van der Waals surface area contributed by atoms with E-state index in [2.05, 4.69) is 133 Å². The van der Waals surface area contributed by atoms with Gasteiger partial charge >= 0.3 is 0 Å². The van der Waals surface area contributed by atoms with E-state index in [1.807, 2.05) is 6.20 Å². The minimum Gasteiger partial charge on any atom is -0.387 e. The lowest BCUT2D eigenvalue weighted by Crippen LogP contribution is -2.08. The maximum Gasteiger partial charge on any atom is 0.0334 e. The van der Waals surface area contributed by atoms with E-state index in [9.17, 15) is 0 Å². The maximum atomic E-state index is 3.27. The van der Waals surface area contributed by atoms with Crippen LogP contribution in [0, 0.1) is 0 Å². The van der Waals surface area contributed by atoms with Gasteiger partial charge in [-0.3, -0.25) is 0 Å². The van der Waals surface area contributed by atoms with Crippen LogP contribution in [0.15, 0.2) is 134 Å². The third-order valence-corrected chi connectivity index (χ3v) is 7.32. The lowest BCUT2D eigenvalue weighted by atomic mass is 9.83. The van der Waals surface area contributed by atoms with Gasteiger partial charge in [0.2, 0.25) is 0 Å². The molecule has 6 aromatic carbocycles. The van der Waals surface area contributed by atoms with Gasteiger partial charge in [-0.25, -0.2) is 0 Å². The van der Waals surface area contributed by atoms with E-state index in [-0.39, 0.29) is 0 Å². The molecular formula is C35H25N. The van der Waals surface area contributed by atoms with Crippen LogP contribution in [0.4, 0.5) is 0 Å². The molecule has 0 amide bonds. The molecule has 0 atom stereocenters. The zero-order chi connectivity index (χ0) is 23.9. The van der Waals surface area contributed by atoms with E-state index in [0.717, 1.165) is 6.54 Å². The highest BCUT2D eigenvalue weighted by Crippen LogP contribution is 2.45. The Bertz CT molecular complexity index is 1770. The van der Waals surface area contributed by atoms with Crippen LogP contribution in [0.3, 0.4) is 0 Å². The van der Waals surface area contributed by atoms with Crippen molar-refractivity contribution in [2.24, 2.45) is 0 Å². The van der Waals surface area contributed by atoms with Gasteiger partial charge in [0.15, 0.2) is 0 Å². The van der Waals surface area contributed by atoms with E-state index < -0.39 is 0 Å². The molecule has 0 aliphatic carbocycles. The van der Waals surface area contributed by atoms with Gasteiger partial charge in [-0.15, -0.1) is 0 Å². The number of rotatable bonds is 3. The van der Waals surface area contributed by atoms with Gasteiger partial charge in [0.1, 0.15) is 0 Å². The van der Waals surface area contributed by atoms with Crippen molar-refractivity contribution in [2.75, 3.05) is 6.54 Å². The highest BCUT2D eigenvalue weighted by Gasteiger charge is 2.18. The van der Waals surface area contributed by atoms with Crippen LogP contribution in [0.5, 0.6) is 0 Å².